The molecule has 1 aromatic carbocycles. The first-order valence-electron chi connectivity index (χ1n) is 5.61. The summed E-state index contributed by atoms with van der Waals surface area (Å²) < 4.78 is 10.5. The van der Waals surface area contributed by atoms with E-state index < -0.39 is 0 Å². The highest BCUT2D eigenvalue weighted by Gasteiger charge is 2.05. The molecule has 0 saturated carbocycles. The van der Waals surface area contributed by atoms with Crippen LogP contribution in [0.25, 0.3) is 0 Å². The van der Waals surface area contributed by atoms with Gasteiger partial charge in [-0.25, -0.2) is 4.79 Å². The summed E-state index contributed by atoms with van der Waals surface area (Å²) in [4.78, 5) is 15.4. The standard InChI is InChI=1S/C14H13NO3/c16-14(12-6-8-15-9-7-12)18-11-10-17-13-4-2-1-3-5-13/h1-9H,10-11H2. The van der Waals surface area contributed by atoms with Gasteiger partial charge in [-0.2, -0.15) is 0 Å². The highest BCUT2D eigenvalue weighted by Crippen LogP contribution is 2.07. The monoisotopic (exact) mass is 243 g/mol. The lowest BCUT2D eigenvalue weighted by molar-refractivity contribution is 0.0450. The minimum atomic E-state index is -0.367. The number of nitrogens with zero attached hydrogens (tertiary/aromatic N) is 1. The molecule has 0 atom stereocenters. The average Bonchev–Trinajstić information content (AvgIpc) is 2.45. The molecule has 18 heavy (non-hydrogen) atoms. The number of para-hydroxylation sites is 1. The first-order valence-corrected chi connectivity index (χ1v) is 5.61. The molecule has 0 radical (unpaired) electrons. The molecule has 0 amide bonds. The Balaban J connectivity index is 1.72. The Morgan fingerprint density at radius 2 is 1.72 bits per heavy atom. The number of ether oxygens (including phenoxy) is 2. The number of rotatable bonds is 5. The van der Waals surface area contributed by atoms with E-state index in [-0.39, 0.29) is 12.6 Å². The van der Waals surface area contributed by atoms with Gasteiger partial charge in [0.15, 0.2) is 0 Å². The first kappa shape index (κ1) is 12.1. The van der Waals surface area contributed by atoms with Gasteiger partial charge in [-0.05, 0) is 24.3 Å². The summed E-state index contributed by atoms with van der Waals surface area (Å²) >= 11 is 0. The molecule has 1 aromatic heterocycles. The van der Waals surface area contributed by atoms with E-state index in [1.54, 1.807) is 24.5 Å². The fraction of sp³-hybridized carbons (Fsp3) is 0.143. The molecule has 0 bridgehead atoms. The summed E-state index contributed by atoms with van der Waals surface area (Å²) in [6, 6.07) is 12.6. The van der Waals surface area contributed by atoms with Gasteiger partial charge >= 0.3 is 5.97 Å². The number of esters is 1. The number of carbonyl (C=O) groups excluding carboxylic acids is 1. The summed E-state index contributed by atoms with van der Waals surface area (Å²) in [5.41, 5.74) is 0.490. The molecule has 0 spiro atoms. The zero-order valence-corrected chi connectivity index (χ0v) is 9.78. The molecule has 0 fully saturated rings. The Morgan fingerprint density at radius 3 is 2.44 bits per heavy atom. The molecular formula is C14H13NO3. The van der Waals surface area contributed by atoms with Gasteiger partial charge in [0.2, 0.25) is 0 Å². The van der Waals surface area contributed by atoms with Crippen LogP contribution in [0.4, 0.5) is 0 Å². The topological polar surface area (TPSA) is 48.4 Å². The van der Waals surface area contributed by atoms with E-state index in [9.17, 15) is 4.79 Å². The fourth-order valence-corrected chi connectivity index (χ4v) is 1.38. The van der Waals surface area contributed by atoms with Gasteiger partial charge in [0, 0.05) is 12.4 Å². The van der Waals surface area contributed by atoms with Crippen molar-refractivity contribution in [1.29, 1.82) is 0 Å². The van der Waals surface area contributed by atoms with E-state index in [2.05, 4.69) is 4.98 Å². The summed E-state index contributed by atoms with van der Waals surface area (Å²) in [5.74, 6) is 0.395. The van der Waals surface area contributed by atoms with Gasteiger partial charge in [-0.3, -0.25) is 4.98 Å². The quantitative estimate of drug-likeness (QED) is 0.597. The van der Waals surface area contributed by atoms with Crippen LogP contribution in [-0.2, 0) is 4.74 Å². The molecule has 1 heterocycles. The van der Waals surface area contributed by atoms with Gasteiger partial charge in [-0.1, -0.05) is 18.2 Å². The van der Waals surface area contributed by atoms with Crippen LogP contribution in [0.3, 0.4) is 0 Å². The second kappa shape index (κ2) is 6.39. The van der Waals surface area contributed by atoms with Gasteiger partial charge in [0.1, 0.15) is 19.0 Å². The molecule has 0 unspecified atom stereocenters. The third-order valence-electron chi connectivity index (χ3n) is 2.24. The average molecular weight is 243 g/mol. The minimum absolute atomic E-state index is 0.218. The molecule has 2 rings (SSSR count). The maximum absolute atomic E-state index is 11.6. The third kappa shape index (κ3) is 3.59. The maximum atomic E-state index is 11.6. The molecule has 0 saturated heterocycles. The third-order valence-corrected chi connectivity index (χ3v) is 2.24. The van der Waals surface area contributed by atoms with Crippen molar-refractivity contribution in [2.45, 2.75) is 0 Å². The summed E-state index contributed by atoms with van der Waals surface area (Å²) in [6.45, 7) is 0.552. The highest BCUT2D eigenvalue weighted by molar-refractivity contribution is 5.89. The van der Waals surface area contributed by atoms with Crippen LogP contribution in [0.1, 0.15) is 10.4 Å². The van der Waals surface area contributed by atoms with Crippen molar-refractivity contribution in [2.75, 3.05) is 13.2 Å². The largest absolute Gasteiger partial charge is 0.490 e. The lowest BCUT2D eigenvalue weighted by atomic mass is 10.3. The van der Waals surface area contributed by atoms with E-state index in [1.807, 2.05) is 30.3 Å². The lowest BCUT2D eigenvalue weighted by Crippen LogP contribution is -2.12. The number of benzene rings is 1. The molecule has 2 aromatic rings. The predicted molar refractivity (Wildman–Crippen MR) is 66.5 cm³/mol. The van der Waals surface area contributed by atoms with Gasteiger partial charge < -0.3 is 9.47 Å². The van der Waals surface area contributed by atoms with Crippen LogP contribution in [0.2, 0.25) is 0 Å². The molecule has 0 aliphatic rings. The number of hydrogen-bond acceptors (Lipinski definition) is 4. The number of pyridine rings is 1. The van der Waals surface area contributed by atoms with Crippen molar-refractivity contribution >= 4 is 5.97 Å². The van der Waals surface area contributed by atoms with Crippen LogP contribution in [0.15, 0.2) is 54.9 Å². The zero-order valence-electron chi connectivity index (χ0n) is 9.78. The Kier molecular flexibility index (Phi) is 4.30. The second-order valence-electron chi connectivity index (χ2n) is 3.53. The highest BCUT2D eigenvalue weighted by atomic mass is 16.6. The number of aromatic nitrogens is 1. The van der Waals surface area contributed by atoms with Crippen LogP contribution >= 0.6 is 0 Å². The van der Waals surface area contributed by atoms with Crippen molar-refractivity contribution in [3.63, 3.8) is 0 Å². The lowest BCUT2D eigenvalue weighted by Gasteiger charge is -2.07. The molecule has 0 N–H and O–H groups in total. The fourth-order valence-electron chi connectivity index (χ4n) is 1.38. The Morgan fingerprint density at radius 1 is 1.00 bits per heavy atom. The molecule has 0 aliphatic heterocycles. The predicted octanol–water partition coefficient (Wildman–Crippen LogP) is 2.32. The van der Waals surface area contributed by atoms with Crippen molar-refractivity contribution < 1.29 is 14.3 Å². The van der Waals surface area contributed by atoms with Crippen molar-refractivity contribution in [2.24, 2.45) is 0 Å². The van der Waals surface area contributed by atoms with Crippen LogP contribution < -0.4 is 4.74 Å². The van der Waals surface area contributed by atoms with E-state index in [0.717, 1.165) is 5.75 Å². The maximum Gasteiger partial charge on any atom is 0.338 e. The van der Waals surface area contributed by atoms with Crippen LogP contribution in [0.5, 0.6) is 5.75 Å². The van der Waals surface area contributed by atoms with Gasteiger partial charge in [0.25, 0.3) is 0 Å². The van der Waals surface area contributed by atoms with E-state index in [1.165, 1.54) is 0 Å². The Labute approximate surface area is 105 Å². The van der Waals surface area contributed by atoms with Crippen LogP contribution in [-0.4, -0.2) is 24.2 Å². The van der Waals surface area contributed by atoms with E-state index in [4.69, 9.17) is 9.47 Å². The van der Waals surface area contributed by atoms with Gasteiger partial charge in [-0.15, -0.1) is 0 Å². The summed E-state index contributed by atoms with van der Waals surface area (Å²) in [5, 5.41) is 0. The zero-order chi connectivity index (χ0) is 12.6. The number of hydrogen-bond donors (Lipinski definition) is 0. The summed E-state index contributed by atoms with van der Waals surface area (Å²) in [7, 11) is 0. The smallest absolute Gasteiger partial charge is 0.338 e. The van der Waals surface area contributed by atoms with Crippen molar-refractivity contribution in [3.8, 4) is 5.75 Å². The second-order valence-corrected chi connectivity index (χ2v) is 3.53. The molecule has 92 valence electrons. The Bertz CT molecular complexity index is 485. The van der Waals surface area contributed by atoms with Crippen molar-refractivity contribution in [1.82, 2.24) is 4.98 Å². The number of carbonyl (C=O) groups is 1. The van der Waals surface area contributed by atoms with E-state index >= 15 is 0 Å². The van der Waals surface area contributed by atoms with Crippen molar-refractivity contribution in [3.05, 3.63) is 60.4 Å². The normalized spacial score (nSPS) is 9.78. The first-order chi connectivity index (χ1) is 8.86. The molecule has 4 heteroatoms. The van der Waals surface area contributed by atoms with Crippen LogP contribution in [0, 0.1) is 0 Å². The van der Waals surface area contributed by atoms with Gasteiger partial charge in [0.05, 0.1) is 5.56 Å². The molecular weight excluding hydrogens is 230 g/mol. The SMILES string of the molecule is O=C(OCCOc1ccccc1)c1ccncc1. The summed E-state index contributed by atoms with van der Waals surface area (Å²) in [6.07, 6.45) is 3.11. The Hall–Kier alpha value is -2.36. The minimum Gasteiger partial charge on any atom is -0.490 e. The molecule has 4 nitrogen and oxygen atoms in total. The molecule has 0 aliphatic carbocycles. The van der Waals surface area contributed by atoms with E-state index in [0.29, 0.717) is 12.2 Å².